The van der Waals surface area contributed by atoms with Gasteiger partial charge in [-0.2, -0.15) is 5.26 Å². The van der Waals surface area contributed by atoms with Crippen LogP contribution in [0.3, 0.4) is 0 Å². The Bertz CT molecular complexity index is 550. The van der Waals surface area contributed by atoms with Gasteiger partial charge in [0, 0.05) is 12.7 Å². The highest BCUT2D eigenvalue weighted by Crippen LogP contribution is 2.12. The number of hydrogen-bond acceptors (Lipinski definition) is 5. The van der Waals surface area contributed by atoms with Crippen LogP contribution in [0.1, 0.15) is 17.4 Å². The quantitative estimate of drug-likeness (QED) is 0.846. The normalized spacial score (nSPS) is 11.6. The summed E-state index contributed by atoms with van der Waals surface area (Å²) in [7, 11) is 0. The summed E-state index contributed by atoms with van der Waals surface area (Å²) >= 11 is 0. The van der Waals surface area contributed by atoms with Gasteiger partial charge >= 0.3 is 0 Å². The van der Waals surface area contributed by atoms with E-state index in [-0.39, 0.29) is 0 Å². The topological polar surface area (TPSA) is 81.8 Å². The third kappa shape index (κ3) is 3.03. The van der Waals surface area contributed by atoms with Gasteiger partial charge in [0.2, 0.25) is 5.95 Å². The lowest BCUT2D eigenvalue weighted by Crippen LogP contribution is -2.14. The van der Waals surface area contributed by atoms with Crippen LogP contribution in [-0.2, 0) is 0 Å². The number of aromatic nitrogens is 2. The number of benzene rings is 1. The lowest BCUT2D eigenvalue weighted by Gasteiger charge is -2.11. The van der Waals surface area contributed by atoms with Crippen LogP contribution in [0, 0.1) is 11.3 Å². The van der Waals surface area contributed by atoms with E-state index in [1.807, 2.05) is 36.4 Å². The van der Waals surface area contributed by atoms with E-state index < -0.39 is 6.10 Å². The van der Waals surface area contributed by atoms with Gasteiger partial charge < -0.3 is 10.4 Å². The number of nitriles is 1. The Labute approximate surface area is 105 Å². The molecule has 0 aliphatic rings. The zero-order chi connectivity index (χ0) is 12.8. The number of hydrogen-bond donors (Lipinski definition) is 2. The first kappa shape index (κ1) is 12.0. The van der Waals surface area contributed by atoms with E-state index >= 15 is 0 Å². The van der Waals surface area contributed by atoms with Crippen molar-refractivity contribution in [2.75, 3.05) is 11.9 Å². The van der Waals surface area contributed by atoms with Gasteiger partial charge in [-0.15, -0.1) is 0 Å². The van der Waals surface area contributed by atoms with Crippen molar-refractivity contribution in [1.82, 2.24) is 9.97 Å². The Hall–Kier alpha value is -2.45. The summed E-state index contributed by atoms with van der Waals surface area (Å²) in [5.74, 6) is 0.337. The standard InChI is InChI=1S/C13H12N4O/c14-8-11-6-7-15-13(17-11)16-9-12(18)10-4-2-1-3-5-10/h1-7,12,18H,9H2,(H,15,16,17). The minimum atomic E-state index is -0.638. The molecule has 2 aromatic rings. The van der Waals surface area contributed by atoms with Gasteiger partial charge in [0.25, 0.3) is 0 Å². The third-order valence-corrected chi connectivity index (χ3v) is 2.41. The van der Waals surface area contributed by atoms with Crippen LogP contribution < -0.4 is 5.32 Å². The molecule has 1 heterocycles. The summed E-state index contributed by atoms with van der Waals surface area (Å²) in [5, 5.41) is 21.5. The van der Waals surface area contributed by atoms with Crippen LogP contribution >= 0.6 is 0 Å². The zero-order valence-corrected chi connectivity index (χ0v) is 9.61. The van der Waals surface area contributed by atoms with E-state index in [9.17, 15) is 5.11 Å². The number of nitrogens with one attached hydrogen (secondary N) is 1. The molecule has 5 nitrogen and oxygen atoms in total. The van der Waals surface area contributed by atoms with Crippen molar-refractivity contribution < 1.29 is 5.11 Å². The SMILES string of the molecule is N#Cc1ccnc(NCC(O)c2ccccc2)n1. The molecule has 0 saturated carbocycles. The molecular formula is C13H12N4O. The zero-order valence-electron chi connectivity index (χ0n) is 9.61. The minimum absolute atomic E-state index is 0.291. The molecule has 1 atom stereocenters. The highest BCUT2D eigenvalue weighted by Gasteiger charge is 2.07. The van der Waals surface area contributed by atoms with Crippen molar-refractivity contribution in [2.45, 2.75) is 6.10 Å². The maximum Gasteiger partial charge on any atom is 0.223 e. The Morgan fingerprint density at radius 3 is 2.78 bits per heavy atom. The van der Waals surface area contributed by atoms with Gasteiger partial charge in [0.1, 0.15) is 11.8 Å². The van der Waals surface area contributed by atoms with Crippen LogP contribution in [-0.4, -0.2) is 21.6 Å². The van der Waals surface area contributed by atoms with Gasteiger partial charge in [-0.1, -0.05) is 30.3 Å². The molecule has 90 valence electrons. The molecule has 1 unspecified atom stereocenters. The highest BCUT2D eigenvalue weighted by molar-refractivity contribution is 5.31. The van der Waals surface area contributed by atoms with Gasteiger partial charge in [-0.25, -0.2) is 9.97 Å². The Morgan fingerprint density at radius 1 is 1.28 bits per heavy atom. The number of nitrogens with zero attached hydrogens (tertiary/aromatic N) is 3. The van der Waals surface area contributed by atoms with Crippen molar-refractivity contribution in [3.8, 4) is 6.07 Å². The Morgan fingerprint density at radius 2 is 2.06 bits per heavy atom. The average molecular weight is 240 g/mol. The molecule has 0 aliphatic heterocycles. The first-order valence-electron chi connectivity index (χ1n) is 5.49. The van der Waals surface area contributed by atoms with Crippen molar-refractivity contribution >= 4 is 5.95 Å². The van der Waals surface area contributed by atoms with Crippen LogP contribution in [0.5, 0.6) is 0 Å². The summed E-state index contributed by atoms with van der Waals surface area (Å²) in [6.45, 7) is 0.291. The number of rotatable bonds is 4. The fraction of sp³-hybridized carbons (Fsp3) is 0.154. The summed E-state index contributed by atoms with van der Waals surface area (Å²) in [4.78, 5) is 7.93. The van der Waals surface area contributed by atoms with E-state index in [1.54, 1.807) is 0 Å². The minimum Gasteiger partial charge on any atom is -0.387 e. The lowest BCUT2D eigenvalue weighted by atomic mass is 10.1. The molecule has 1 aromatic heterocycles. The van der Waals surface area contributed by atoms with Gasteiger partial charge in [-0.05, 0) is 11.6 Å². The van der Waals surface area contributed by atoms with Crippen LogP contribution in [0.4, 0.5) is 5.95 Å². The molecule has 2 N–H and O–H groups in total. The Kier molecular flexibility index (Phi) is 3.84. The van der Waals surface area contributed by atoms with E-state index in [2.05, 4.69) is 15.3 Å². The second kappa shape index (κ2) is 5.75. The molecule has 0 fully saturated rings. The van der Waals surface area contributed by atoms with Gasteiger partial charge in [0.15, 0.2) is 0 Å². The fourth-order valence-electron chi connectivity index (χ4n) is 1.49. The second-order valence-electron chi connectivity index (χ2n) is 3.68. The smallest absolute Gasteiger partial charge is 0.223 e. The summed E-state index contributed by atoms with van der Waals surface area (Å²) in [6.07, 6.45) is 0.864. The Balaban J connectivity index is 1.97. The maximum absolute atomic E-state index is 9.93. The molecule has 0 saturated heterocycles. The first-order chi connectivity index (χ1) is 8.79. The molecule has 0 spiro atoms. The van der Waals surface area contributed by atoms with E-state index in [4.69, 9.17) is 5.26 Å². The van der Waals surface area contributed by atoms with Crippen LogP contribution in [0.25, 0.3) is 0 Å². The molecule has 0 bridgehead atoms. The van der Waals surface area contributed by atoms with Gasteiger partial charge in [-0.3, -0.25) is 0 Å². The van der Waals surface area contributed by atoms with Gasteiger partial charge in [0.05, 0.1) is 6.10 Å². The molecule has 18 heavy (non-hydrogen) atoms. The lowest BCUT2D eigenvalue weighted by molar-refractivity contribution is 0.191. The maximum atomic E-state index is 9.93. The summed E-state index contributed by atoms with van der Waals surface area (Å²) < 4.78 is 0. The largest absolute Gasteiger partial charge is 0.387 e. The summed E-state index contributed by atoms with van der Waals surface area (Å²) in [6, 6.07) is 12.8. The third-order valence-electron chi connectivity index (χ3n) is 2.41. The molecular weight excluding hydrogens is 228 g/mol. The predicted octanol–water partition coefficient (Wildman–Crippen LogP) is 1.49. The molecule has 2 rings (SSSR count). The fourth-order valence-corrected chi connectivity index (χ4v) is 1.49. The first-order valence-corrected chi connectivity index (χ1v) is 5.49. The average Bonchev–Trinajstić information content (AvgIpc) is 2.46. The predicted molar refractivity (Wildman–Crippen MR) is 66.6 cm³/mol. The molecule has 1 aromatic carbocycles. The van der Waals surface area contributed by atoms with E-state index in [0.29, 0.717) is 18.2 Å². The van der Waals surface area contributed by atoms with E-state index in [1.165, 1.54) is 12.3 Å². The van der Waals surface area contributed by atoms with Crippen molar-refractivity contribution in [3.63, 3.8) is 0 Å². The second-order valence-corrected chi connectivity index (χ2v) is 3.68. The van der Waals surface area contributed by atoms with Crippen LogP contribution in [0.15, 0.2) is 42.6 Å². The molecule has 0 amide bonds. The van der Waals surface area contributed by atoms with Crippen LogP contribution in [0.2, 0.25) is 0 Å². The van der Waals surface area contributed by atoms with E-state index in [0.717, 1.165) is 5.56 Å². The van der Waals surface area contributed by atoms with Crippen molar-refractivity contribution in [3.05, 3.63) is 53.9 Å². The number of aliphatic hydroxyl groups excluding tert-OH is 1. The monoisotopic (exact) mass is 240 g/mol. The molecule has 0 aliphatic carbocycles. The highest BCUT2D eigenvalue weighted by atomic mass is 16.3. The number of anilines is 1. The van der Waals surface area contributed by atoms with Crippen molar-refractivity contribution in [2.24, 2.45) is 0 Å². The molecule has 0 radical (unpaired) electrons. The van der Waals surface area contributed by atoms with Crippen molar-refractivity contribution in [1.29, 1.82) is 5.26 Å². The summed E-state index contributed by atoms with van der Waals surface area (Å²) in [5.41, 5.74) is 1.11. The number of aliphatic hydroxyl groups is 1. The molecule has 5 heteroatoms.